The van der Waals surface area contributed by atoms with Gasteiger partial charge in [-0.3, -0.25) is 14.4 Å². The molecule has 5 N–H and O–H groups in total. The predicted octanol–water partition coefficient (Wildman–Crippen LogP) is 3.49. The van der Waals surface area contributed by atoms with E-state index in [2.05, 4.69) is 27.3 Å². The lowest BCUT2D eigenvalue weighted by Crippen LogP contribution is -2.57. The minimum absolute atomic E-state index is 0.0641. The maximum absolute atomic E-state index is 13.5. The minimum atomic E-state index is -1.08. The highest BCUT2D eigenvalue weighted by Gasteiger charge is 2.33. The molecule has 0 radical (unpaired) electrons. The van der Waals surface area contributed by atoms with Crippen LogP contribution in [0, 0.1) is 5.92 Å². The standard InChI is InChI=1S/C31H42N4O6S/c1-18(2)14-23(28(37)34-21-12-13-40-30(21)39)35-29(38)24(17-41-31(3,4)5)33-27(36)16-19-10-11-26-22(15-19)32-20-8-6-7-9-25(20)42-26/h6-11,15,18,21,23-24,30,32,39H,12-14,16-17H2,1-5H3,(H,33,36)(H,34,37)(H,35,38)/t21-,23-,24-,30?/m0/s1. The molecule has 2 aliphatic rings. The Kier molecular flexibility index (Phi) is 10.5. The number of nitrogens with one attached hydrogen (secondary N) is 4. The molecule has 1 fully saturated rings. The molecule has 0 bridgehead atoms. The Morgan fingerprint density at radius 2 is 1.79 bits per heavy atom. The number of rotatable bonds is 11. The Labute approximate surface area is 251 Å². The van der Waals surface area contributed by atoms with E-state index in [1.54, 1.807) is 11.8 Å². The number of amides is 3. The largest absolute Gasteiger partial charge is 0.373 e. The van der Waals surface area contributed by atoms with Crippen molar-refractivity contribution >= 4 is 40.9 Å². The molecular weight excluding hydrogens is 556 g/mol. The Morgan fingerprint density at radius 1 is 1.05 bits per heavy atom. The van der Waals surface area contributed by atoms with Crippen molar-refractivity contribution in [2.75, 3.05) is 18.5 Å². The van der Waals surface area contributed by atoms with Crippen molar-refractivity contribution in [3.63, 3.8) is 0 Å². The van der Waals surface area contributed by atoms with Crippen molar-refractivity contribution in [1.82, 2.24) is 16.0 Å². The highest BCUT2D eigenvalue weighted by molar-refractivity contribution is 7.99. The van der Waals surface area contributed by atoms with E-state index < -0.39 is 41.8 Å². The van der Waals surface area contributed by atoms with E-state index in [0.29, 0.717) is 19.4 Å². The summed E-state index contributed by atoms with van der Waals surface area (Å²) >= 11 is 1.67. The monoisotopic (exact) mass is 598 g/mol. The van der Waals surface area contributed by atoms with E-state index >= 15 is 0 Å². The molecule has 4 rings (SSSR count). The van der Waals surface area contributed by atoms with E-state index in [0.717, 1.165) is 26.7 Å². The zero-order valence-corrected chi connectivity index (χ0v) is 25.7. The maximum atomic E-state index is 13.5. The van der Waals surface area contributed by atoms with E-state index in [4.69, 9.17) is 9.47 Å². The number of carbonyl (C=O) groups excluding carboxylic acids is 3. The molecule has 1 unspecified atom stereocenters. The second-order valence-corrected chi connectivity index (χ2v) is 13.2. The summed E-state index contributed by atoms with van der Waals surface area (Å²) in [4.78, 5) is 42.0. The predicted molar refractivity (Wildman–Crippen MR) is 162 cm³/mol. The minimum Gasteiger partial charge on any atom is -0.373 e. The summed E-state index contributed by atoms with van der Waals surface area (Å²) in [5.41, 5.74) is 2.19. The fourth-order valence-corrected chi connectivity index (χ4v) is 5.69. The van der Waals surface area contributed by atoms with Gasteiger partial charge in [0.25, 0.3) is 0 Å². The van der Waals surface area contributed by atoms with Crippen LogP contribution in [0.15, 0.2) is 52.3 Å². The normalized spacial score (nSPS) is 19.2. The van der Waals surface area contributed by atoms with Crippen LogP contribution in [0.3, 0.4) is 0 Å². The second-order valence-electron chi connectivity index (χ2n) is 12.1. The quantitative estimate of drug-likeness (QED) is 0.226. The number of aliphatic hydroxyl groups excluding tert-OH is 1. The molecule has 2 heterocycles. The summed E-state index contributed by atoms with van der Waals surface area (Å²) in [5, 5.41) is 21.8. The van der Waals surface area contributed by atoms with Crippen molar-refractivity contribution in [3.8, 4) is 0 Å². The van der Waals surface area contributed by atoms with Gasteiger partial charge in [-0.25, -0.2) is 0 Å². The molecule has 1 saturated heterocycles. The average Bonchev–Trinajstić information content (AvgIpc) is 3.32. The molecule has 4 atom stereocenters. The van der Waals surface area contributed by atoms with Crippen molar-refractivity contribution in [2.45, 2.75) is 93.7 Å². The summed E-state index contributed by atoms with van der Waals surface area (Å²) in [7, 11) is 0. The number of aliphatic hydroxyl groups is 1. The van der Waals surface area contributed by atoms with Crippen LogP contribution in [-0.2, 0) is 30.3 Å². The third-order valence-corrected chi connectivity index (χ3v) is 8.00. The average molecular weight is 599 g/mol. The van der Waals surface area contributed by atoms with Crippen molar-refractivity contribution in [1.29, 1.82) is 0 Å². The molecule has 228 valence electrons. The molecule has 0 aromatic heterocycles. The zero-order valence-electron chi connectivity index (χ0n) is 24.9. The van der Waals surface area contributed by atoms with E-state index in [9.17, 15) is 19.5 Å². The van der Waals surface area contributed by atoms with Crippen LogP contribution in [0.2, 0.25) is 0 Å². The highest BCUT2D eigenvalue weighted by Crippen LogP contribution is 2.44. The molecule has 2 aromatic rings. The Morgan fingerprint density at radius 3 is 2.48 bits per heavy atom. The summed E-state index contributed by atoms with van der Waals surface area (Å²) in [5.74, 6) is -1.16. The Bertz CT molecular complexity index is 1280. The van der Waals surface area contributed by atoms with Gasteiger partial charge >= 0.3 is 0 Å². The maximum Gasteiger partial charge on any atom is 0.245 e. The number of hydrogen-bond acceptors (Lipinski definition) is 8. The number of fused-ring (bicyclic) bond motifs is 2. The van der Waals surface area contributed by atoms with Crippen molar-refractivity contribution < 1.29 is 29.0 Å². The molecule has 42 heavy (non-hydrogen) atoms. The summed E-state index contributed by atoms with van der Waals surface area (Å²) in [6.07, 6.45) is -0.151. The third kappa shape index (κ3) is 8.94. The number of anilines is 2. The van der Waals surface area contributed by atoms with Gasteiger partial charge in [0.05, 0.1) is 42.7 Å². The summed E-state index contributed by atoms with van der Waals surface area (Å²) < 4.78 is 11.0. The van der Waals surface area contributed by atoms with Crippen molar-refractivity contribution in [3.05, 3.63) is 48.0 Å². The van der Waals surface area contributed by atoms with Crippen LogP contribution < -0.4 is 21.3 Å². The lowest BCUT2D eigenvalue weighted by molar-refractivity contribution is -0.136. The molecule has 2 aromatic carbocycles. The molecule has 3 amide bonds. The van der Waals surface area contributed by atoms with Gasteiger partial charge in [-0.05, 0) is 69.4 Å². The first-order valence-corrected chi connectivity index (χ1v) is 15.2. The first-order chi connectivity index (χ1) is 19.9. The van der Waals surface area contributed by atoms with Gasteiger partial charge in [0.2, 0.25) is 17.7 Å². The number of hydrogen-bond donors (Lipinski definition) is 5. The van der Waals surface area contributed by atoms with Gasteiger partial charge < -0.3 is 35.8 Å². The summed E-state index contributed by atoms with van der Waals surface area (Å²) in [6, 6.07) is 11.5. The van der Waals surface area contributed by atoms with Gasteiger partial charge in [0.1, 0.15) is 12.1 Å². The highest BCUT2D eigenvalue weighted by atomic mass is 32.2. The van der Waals surface area contributed by atoms with Crippen LogP contribution in [0.4, 0.5) is 11.4 Å². The first kappa shape index (κ1) is 31.8. The molecule has 10 nitrogen and oxygen atoms in total. The summed E-state index contributed by atoms with van der Waals surface area (Å²) in [6.45, 7) is 9.78. The molecule has 0 aliphatic carbocycles. The van der Waals surface area contributed by atoms with Crippen molar-refractivity contribution in [2.24, 2.45) is 5.92 Å². The Balaban J connectivity index is 1.42. The number of ether oxygens (including phenoxy) is 2. The van der Waals surface area contributed by atoms with E-state index in [-0.39, 0.29) is 24.9 Å². The second kappa shape index (κ2) is 13.9. The molecule has 0 saturated carbocycles. The number of para-hydroxylation sites is 1. The van der Waals surface area contributed by atoms with Gasteiger partial charge in [-0.1, -0.05) is 43.8 Å². The van der Waals surface area contributed by atoms with Crippen LogP contribution in [0.1, 0.15) is 53.0 Å². The fraction of sp³-hybridized carbons (Fsp3) is 0.516. The smallest absolute Gasteiger partial charge is 0.245 e. The fourth-order valence-electron chi connectivity index (χ4n) is 4.72. The molecule has 0 spiro atoms. The van der Waals surface area contributed by atoms with E-state index in [1.807, 2.05) is 71.0 Å². The SMILES string of the molecule is CC(C)C[C@H](NC(=O)[C@H](COC(C)(C)C)NC(=O)Cc1ccc2c(c1)Nc1ccccc1S2)C(=O)N[C@H]1CCOC1O. The molecule has 11 heteroatoms. The zero-order chi connectivity index (χ0) is 30.4. The third-order valence-electron chi connectivity index (χ3n) is 6.85. The topological polar surface area (TPSA) is 138 Å². The van der Waals surface area contributed by atoms with Crippen LogP contribution in [0.5, 0.6) is 0 Å². The molecule has 2 aliphatic heterocycles. The molecular formula is C31H42N4O6S. The Hall–Kier alpha value is -3.12. The van der Waals surface area contributed by atoms with Gasteiger partial charge in [-0.2, -0.15) is 0 Å². The van der Waals surface area contributed by atoms with Crippen LogP contribution in [-0.4, -0.2) is 66.1 Å². The lowest BCUT2D eigenvalue weighted by Gasteiger charge is -2.28. The number of carbonyl (C=O) groups is 3. The van der Waals surface area contributed by atoms with Gasteiger partial charge in [0.15, 0.2) is 6.29 Å². The van der Waals surface area contributed by atoms with Gasteiger partial charge in [0, 0.05) is 9.79 Å². The van der Waals surface area contributed by atoms with Crippen LogP contribution in [0.25, 0.3) is 0 Å². The van der Waals surface area contributed by atoms with Gasteiger partial charge in [-0.15, -0.1) is 0 Å². The number of benzene rings is 2. The van der Waals surface area contributed by atoms with E-state index in [1.165, 1.54) is 0 Å². The first-order valence-electron chi connectivity index (χ1n) is 14.4. The van der Waals surface area contributed by atoms with Crippen LogP contribution >= 0.6 is 11.8 Å². The lowest BCUT2D eigenvalue weighted by atomic mass is 10.0.